The third-order valence-electron chi connectivity index (χ3n) is 6.99. The van der Waals surface area contributed by atoms with E-state index >= 15 is 0 Å². The lowest BCUT2D eigenvalue weighted by atomic mass is 9.89. The number of nitrogens with one attached hydrogen (secondary N) is 2. The second-order valence-electron chi connectivity index (χ2n) is 9.41. The Hall–Kier alpha value is -2.12. The van der Waals surface area contributed by atoms with Gasteiger partial charge in [0.05, 0.1) is 0 Å². The number of aryl methyl sites for hydroxylation is 2. The highest BCUT2D eigenvalue weighted by Crippen LogP contribution is 2.34. The topological polar surface area (TPSA) is 68.4 Å². The summed E-state index contributed by atoms with van der Waals surface area (Å²) >= 11 is 3.62. The lowest BCUT2D eigenvalue weighted by Gasteiger charge is -2.40. The number of rotatable bonds is 7. The molecule has 7 heteroatoms. The van der Waals surface area contributed by atoms with Gasteiger partial charge >= 0.3 is 0 Å². The summed E-state index contributed by atoms with van der Waals surface area (Å²) in [5.74, 6) is -0.165. The van der Waals surface area contributed by atoms with Crippen LogP contribution in [0, 0.1) is 20.8 Å². The van der Waals surface area contributed by atoms with Crippen molar-refractivity contribution < 1.29 is 4.79 Å². The van der Waals surface area contributed by atoms with Crippen LogP contribution in [0.15, 0.2) is 27.5 Å². The number of pyridine rings is 1. The molecule has 1 aliphatic carbocycles. The Morgan fingerprint density at radius 3 is 2.30 bits per heavy atom. The minimum atomic E-state index is -0.165. The molecule has 1 aromatic carbocycles. The molecule has 0 unspecified atom stereocenters. The minimum Gasteiger partial charge on any atom is -0.369 e. The van der Waals surface area contributed by atoms with Gasteiger partial charge in [-0.15, -0.1) is 0 Å². The van der Waals surface area contributed by atoms with Crippen LogP contribution >= 0.6 is 15.9 Å². The van der Waals surface area contributed by atoms with Crippen LogP contribution in [0.3, 0.4) is 0 Å². The molecule has 6 nitrogen and oxygen atoms in total. The zero-order valence-corrected chi connectivity index (χ0v) is 22.3. The van der Waals surface area contributed by atoms with Crippen molar-refractivity contribution in [1.29, 1.82) is 0 Å². The molecular weight excluding hydrogens is 480 g/mol. The summed E-state index contributed by atoms with van der Waals surface area (Å²) < 4.78 is 0.887. The van der Waals surface area contributed by atoms with E-state index in [0.717, 1.165) is 46.5 Å². The van der Waals surface area contributed by atoms with Crippen LogP contribution in [-0.4, -0.2) is 48.5 Å². The number of H-pyrrole nitrogens is 1. The maximum Gasteiger partial charge on any atom is 0.251 e. The molecule has 1 amide bonds. The molecular formula is C26H37BrN4O2. The van der Waals surface area contributed by atoms with Crippen molar-refractivity contribution in [3.63, 3.8) is 0 Å². The van der Waals surface area contributed by atoms with E-state index in [-0.39, 0.29) is 17.9 Å². The summed E-state index contributed by atoms with van der Waals surface area (Å²) in [5.41, 5.74) is 4.87. The molecule has 1 heterocycles. The first-order chi connectivity index (χ1) is 15.6. The third kappa shape index (κ3) is 5.87. The minimum absolute atomic E-state index is 0.0545. The van der Waals surface area contributed by atoms with Crippen LogP contribution in [0.1, 0.15) is 65.5 Å². The van der Waals surface area contributed by atoms with Gasteiger partial charge in [0, 0.05) is 63.9 Å². The standard InChI is InChI=1S/C26H37BrN4O2/c1-7-31(21-10-8-20(9-11-21)30(5)6)24-14-19(27)13-22(17(24)3)26(33)28-15-23-18(4)29-16(2)12-25(23)32/h12-14,20-21H,7-11,15H2,1-6H3,(H,28,33)(H,29,32). The number of hydrogen-bond donors (Lipinski definition) is 2. The van der Waals surface area contributed by atoms with E-state index in [1.807, 2.05) is 26.8 Å². The molecule has 0 spiro atoms. The average Bonchev–Trinajstić information content (AvgIpc) is 2.75. The normalized spacial score (nSPS) is 18.4. The van der Waals surface area contributed by atoms with Crippen LogP contribution in [0.4, 0.5) is 5.69 Å². The van der Waals surface area contributed by atoms with Gasteiger partial charge in [-0.05, 0) is 85.2 Å². The molecule has 2 N–H and O–H groups in total. The molecule has 1 aliphatic rings. The van der Waals surface area contributed by atoms with E-state index in [2.05, 4.69) is 63.1 Å². The van der Waals surface area contributed by atoms with Gasteiger partial charge in [0.1, 0.15) is 0 Å². The second-order valence-corrected chi connectivity index (χ2v) is 10.3. The van der Waals surface area contributed by atoms with E-state index in [1.54, 1.807) is 6.07 Å². The number of halogens is 1. The van der Waals surface area contributed by atoms with E-state index in [1.165, 1.54) is 12.8 Å². The first-order valence-electron chi connectivity index (χ1n) is 11.8. The highest BCUT2D eigenvalue weighted by Gasteiger charge is 2.28. The predicted molar refractivity (Wildman–Crippen MR) is 139 cm³/mol. The van der Waals surface area contributed by atoms with E-state index in [0.29, 0.717) is 23.2 Å². The number of benzene rings is 1. The maximum atomic E-state index is 13.2. The number of aromatic nitrogens is 1. The molecule has 1 fully saturated rings. The van der Waals surface area contributed by atoms with E-state index < -0.39 is 0 Å². The van der Waals surface area contributed by atoms with Gasteiger partial charge in [-0.2, -0.15) is 0 Å². The molecule has 0 bridgehead atoms. The Labute approximate surface area is 205 Å². The van der Waals surface area contributed by atoms with Gasteiger partial charge in [0.25, 0.3) is 5.91 Å². The number of amides is 1. The molecule has 0 saturated heterocycles. The van der Waals surface area contributed by atoms with Crippen LogP contribution in [0.25, 0.3) is 0 Å². The van der Waals surface area contributed by atoms with Crippen molar-refractivity contribution in [2.24, 2.45) is 0 Å². The van der Waals surface area contributed by atoms with E-state index in [4.69, 9.17) is 0 Å². The smallest absolute Gasteiger partial charge is 0.251 e. The summed E-state index contributed by atoms with van der Waals surface area (Å²) in [5, 5.41) is 2.96. The van der Waals surface area contributed by atoms with Crippen molar-refractivity contribution in [3.8, 4) is 0 Å². The van der Waals surface area contributed by atoms with Crippen LogP contribution in [0.2, 0.25) is 0 Å². The fourth-order valence-corrected chi connectivity index (χ4v) is 5.52. The SMILES string of the molecule is CCN(c1cc(Br)cc(C(=O)NCc2c(C)[nH]c(C)cc2=O)c1C)C1CCC(N(C)C)CC1. The van der Waals surface area contributed by atoms with Crippen molar-refractivity contribution in [2.75, 3.05) is 25.5 Å². The Bertz CT molecular complexity index is 1050. The van der Waals surface area contributed by atoms with Gasteiger partial charge in [0.15, 0.2) is 5.43 Å². The molecule has 2 aromatic rings. The number of anilines is 1. The third-order valence-corrected chi connectivity index (χ3v) is 7.44. The molecule has 33 heavy (non-hydrogen) atoms. The summed E-state index contributed by atoms with van der Waals surface area (Å²) in [6.07, 6.45) is 4.69. The van der Waals surface area contributed by atoms with Crippen molar-refractivity contribution in [2.45, 2.75) is 72.0 Å². The Kier molecular flexibility index (Phi) is 8.40. The Morgan fingerprint density at radius 2 is 1.73 bits per heavy atom. The molecule has 0 radical (unpaired) electrons. The van der Waals surface area contributed by atoms with Gasteiger partial charge in [-0.3, -0.25) is 9.59 Å². The van der Waals surface area contributed by atoms with Crippen LogP contribution in [-0.2, 0) is 6.54 Å². The van der Waals surface area contributed by atoms with Crippen LogP contribution in [0.5, 0.6) is 0 Å². The van der Waals surface area contributed by atoms with Crippen molar-refractivity contribution >= 4 is 27.5 Å². The molecule has 0 atom stereocenters. The first-order valence-corrected chi connectivity index (χ1v) is 12.6. The zero-order chi connectivity index (χ0) is 24.3. The zero-order valence-electron chi connectivity index (χ0n) is 20.7. The second kappa shape index (κ2) is 10.9. The predicted octanol–water partition coefficient (Wildman–Crippen LogP) is 4.69. The lowest BCUT2D eigenvalue weighted by Crippen LogP contribution is -2.42. The summed E-state index contributed by atoms with van der Waals surface area (Å²) in [7, 11) is 4.33. The van der Waals surface area contributed by atoms with Gasteiger partial charge in [-0.25, -0.2) is 0 Å². The number of hydrogen-bond acceptors (Lipinski definition) is 4. The van der Waals surface area contributed by atoms with E-state index in [9.17, 15) is 9.59 Å². The highest BCUT2D eigenvalue weighted by molar-refractivity contribution is 9.10. The lowest BCUT2D eigenvalue weighted by molar-refractivity contribution is 0.0950. The fourth-order valence-electron chi connectivity index (χ4n) is 5.07. The first kappa shape index (κ1) is 25.5. The Balaban J connectivity index is 1.81. The molecule has 1 aromatic heterocycles. The van der Waals surface area contributed by atoms with Crippen LogP contribution < -0.4 is 15.6 Å². The maximum absolute atomic E-state index is 13.2. The average molecular weight is 518 g/mol. The quantitative estimate of drug-likeness (QED) is 0.559. The fraction of sp³-hybridized carbons (Fsp3) is 0.538. The highest BCUT2D eigenvalue weighted by atomic mass is 79.9. The molecule has 3 rings (SSSR count). The summed E-state index contributed by atoms with van der Waals surface area (Å²) in [4.78, 5) is 33.5. The number of carbonyl (C=O) groups is 1. The number of aromatic amines is 1. The Morgan fingerprint density at radius 1 is 1.09 bits per heavy atom. The van der Waals surface area contributed by atoms with Gasteiger partial charge in [0.2, 0.25) is 0 Å². The van der Waals surface area contributed by atoms with Crippen molar-refractivity contribution in [3.05, 3.63) is 61.0 Å². The summed E-state index contributed by atoms with van der Waals surface area (Å²) in [6.45, 7) is 9.03. The summed E-state index contributed by atoms with van der Waals surface area (Å²) in [6, 6.07) is 6.70. The van der Waals surface area contributed by atoms with Gasteiger partial charge < -0.3 is 20.1 Å². The van der Waals surface area contributed by atoms with Gasteiger partial charge in [-0.1, -0.05) is 15.9 Å². The molecule has 0 aliphatic heterocycles. The molecule has 180 valence electrons. The van der Waals surface area contributed by atoms with Crippen molar-refractivity contribution in [1.82, 2.24) is 15.2 Å². The monoisotopic (exact) mass is 516 g/mol. The number of carbonyl (C=O) groups excluding carboxylic acids is 1. The number of nitrogens with zero attached hydrogens (tertiary/aromatic N) is 2. The molecule has 1 saturated carbocycles. The largest absolute Gasteiger partial charge is 0.369 e.